The fourth-order valence-electron chi connectivity index (χ4n) is 3.62. The summed E-state index contributed by atoms with van der Waals surface area (Å²) in [6, 6.07) is 10.6. The van der Waals surface area contributed by atoms with Crippen LogP contribution in [0.1, 0.15) is 29.5 Å². The molecule has 1 heterocycles. The van der Waals surface area contributed by atoms with E-state index in [-0.39, 0.29) is 11.9 Å². The molecule has 0 bridgehead atoms. The highest BCUT2D eigenvalue weighted by atomic mass is 35.5. The number of hydrogen-bond donors (Lipinski definition) is 1. The SMILES string of the molecule is Fc1ccc([C@@H]2Nc3c(Cl)cc(Cl)cc3[C@H]3C=CC[C@@H]32)cc1. The first-order valence-electron chi connectivity index (χ1n) is 7.31. The number of halogens is 3. The molecule has 112 valence electrons. The van der Waals surface area contributed by atoms with E-state index in [1.807, 2.05) is 18.2 Å². The van der Waals surface area contributed by atoms with Crippen LogP contribution in [0.2, 0.25) is 10.0 Å². The second-order valence-electron chi connectivity index (χ2n) is 5.88. The van der Waals surface area contributed by atoms with Crippen molar-refractivity contribution >= 4 is 28.9 Å². The summed E-state index contributed by atoms with van der Waals surface area (Å²) in [5.74, 6) is 0.473. The molecule has 1 nitrogen and oxygen atoms in total. The number of allylic oxidation sites excluding steroid dienone is 2. The molecule has 22 heavy (non-hydrogen) atoms. The largest absolute Gasteiger partial charge is 0.376 e. The molecule has 0 saturated carbocycles. The van der Waals surface area contributed by atoms with E-state index < -0.39 is 0 Å². The lowest BCUT2D eigenvalue weighted by molar-refractivity contribution is 0.425. The minimum atomic E-state index is -0.217. The maximum absolute atomic E-state index is 13.2. The van der Waals surface area contributed by atoms with Gasteiger partial charge in [0, 0.05) is 10.9 Å². The summed E-state index contributed by atoms with van der Waals surface area (Å²) in [6.45, 7) is 0. The third kappa shape index (κ3) is 2.22. The van der Waals surface area contributed by atoms with Gasteiger partial charge in [-0.2, -0.15) is 0 Å². The molecule has 0 radical (unpaired) electrons. The molecule has 0 spiro atoms. The van der Waals surface area contributed by atoms with Crippen LogP contribution in [0.5, 0.6) is 0 Å². The van der Waals surface area contributed by atoms with Crippen LogP contribution in [-0.2, 0) is 0 Å². The highest BCUT2D eigenvalue weighted by molar-refractivity contribution is 6.36. The molecule has 0 saturated heterocycles. The van der Waals surface area contributed by atoms with Gasteiger partial charge in [-0.15, -0.1) is 0 Å². The monoisotopic (exact) mass is 333 g/mol. The molecule has 0 unspecified atom stereocenters. The Bertz CT molecular complexity index is 754. The van der Waals surface area contributed by atoms with Crippen molar-refractivity contribution in [3.63, 3.8) is 0 Å². The Morgan fingerprint density at radius 2 is 1.86 bits per heavy atom. The molecule has 0 fully saturated rings. The first kappa shape index (κ1) is 14.1. The highest BCUT2D eigenvalue weighted by Crippen LogP contribution is 2.52. The first-order chi connectivity index (χ1) is 10.6. The maximum atomic E-state index is 13.2. The summed E-state index contributed by atoms with van der Waals surface area (Å²) < 4.78 is 13.2. The van der Waals surface area contributed by atoms with E-state index in [0.717, 1.165) is 23.2 Å². The van der Waals surface area contributed by atoms with Crippen molar-refractivity contribution in [3.8, 4) is 0 Å². The van der Waals surface area contributed by atoms with Crippen LogP contribution < -0.4 is 5.32 Å². The number of hydrogen-bond acceptors (Lipinski definition) is 1. The van der Waals surface area contributed by atoms with Gasteiger partial charge in [0.05, 0.1) is 16.8 Å². The zero-order valence-corrected chi connectivity index (χ0v) is 13.2. The normalized spacial score (nSPS) is 25.5. The van der Waals surface area contributed by atoms with Gasteiger partial charge in [0.1, 0.15) is 5.82 Å². The second kappa shape index (κ2) is 5.29. The van der Waals surface area contributed by atoms with Gasteiger partial charge in [0.2, 0.25) is 0 Å². The predicted octanol–water partition coefficient (Wildman–Crippen LogP) is 5.96. The van der Waals surface area contributed by atoms with Gasteiger partial charge >= 0.3 is 0 Å². The average molecular weight is 334 g/mol. The fourth-order valence-corrected chi connectivity index (χ4v) is 4.18. The third-order valence-corrected chi connectivity index (χ3v) is 5.13. The molecule has 2 aromatic carbocycles. The van der Waals surface area contributed by atoms with E-state index in [0.29, 0.717) is 21.9 Å². The smallest absolute Gasteiger partial charge is 0.123 e. The van der Waals surface area contributed by atoms with Gasteiger partial charge in [-0.3, -0.25) is 0 Å². The molecular weight excluding hydrogens is 320 g/mol. The minimum absolute atomic E-state index is 0.117. The second-order valence-corrected chi connectivity index (χ2v) is 6.72. The molecule has 3 atom stereocenters. The molecule has 4 heteroatoms. The quantitative estimate of drug-likeness (QED) is 0.635. The Labute approximate surface area is 138 Å². The van der Waals surface area contributed by atoms with E-state index in [4.69, 9.17) is 23.2 Å². The Hall–Kier alpha value is -1.51. The molecule has 1 aliphatic heterocycles. The Morgan fingerprint density at radius 1 is 1.09 bits per heavy atom. The van der Waals surface area contributed by atoms with Crippen LogP contribution in [0.3, 0.4) is 0 Å². The molecule has 1 N–H and O–H groups in total. The minimum Gasteiger partial charge on any atom is -0.376 e. The lowest BCUT2D eigenvalue weighted by Crippen LogP contribution is -2.29. The molecule has 2 aromatic rings. The van der Waals surface area contributed by atoms with E-state index in [2.05, 4.69) is 17.5 Å². The summed E-state index contributed by atoms with van der Waals surface area (Å²) in [5.41, 5.74) is 3.17. The summed E-state index contributed by atoms with van der Waals surface area (Å²) >= 11 is 12.5. The molecule has 2 aliphatic rings. The van der Waals surface area contributed by atoms with Gasteiger partial charge in [-0.25, -0.2) is 4.39 Å². The number of fused-ring (bicyclic) bond motifs is 3. The van der Waals surface area contributed by atoms with E-state index in [1.165, 1.54) is 12.1 Å². The van der Waals surface area contributed by atoms with E-state index in [1.54, 1.807) is 6.07 Å². The topological polar surface area (TPSA) is 12.0 Å². The van der Waals surface area contributed by atoms with Crippen molar-refractivity contribution in [1.82, 2.24) is 0 Å². The fraction of sp³-hybridized carbons (Fsp3) is 0.222. The van der Waals surface area contributed by atoms with Gasteiger partial charge in [0.25, 0.3) is 0 Å². The van der Waals surface area contributed by atoms with Crippen molar-refractivity contribution in [2.45, 2.75) is 18.4 Å². The lowest BCUT2D eigenvalue weighted by atomic mass is 9.77. The summed E-state index contributed by atoms with van der Waals surface area (Å²) in [6.07, 6.45) is 5.42. The Balaban J connectivity index is 1.82. The zero-order chi connectivity index (χ0) is 15.3. The molecule has 0 amide bonds. The molecule has 4 rings (SSSR count). The van der Waals surface area contributed by atoms with E-state index in [9.17, 15) is 4.39 Å². The van der Waals surface area contributed by atoms with Gasteiger partial charge < -0.3 is 5.32 Å². The lowest BCUT2D eigenvalue weighted by Gasteiger charge is -2.38. The van der Waals surface area contributed by atoms with Gasteiger partial charge in [-0.1, -0.05) is 47.5 Å². The third-order valence-electron chi connectivity index (χ3n) is 4.61. The predicted molar refractivity (Wildman–Crippen MR) is 89.2 cm³/mol. The maximum Gasteiger partial charge on any atom is 0.123 e. The van der Waals surface area contributed by atoms with Crippen molar-refractivity contribution in [2.75, 3.05) is 5.32 Å². The highest BCUT2D eigenvalue weighted by Gasteiger charge is 2.38. The Morgan fingerprint density at radius 3 is 2.64 bits per heavy atom. The zero-order valence-electron chi connectivity index (χ0n) is 11.7. The van der Waals surface area contributed by atoms with Crippen LogP contribution in [0.4, 0.5) is 10.1 Å². The van der Waals surface area contributed by atoms with Crippen LogP contribution in [0, 0.1) is 11.7 Å². The van der Waals surface area contributed by atoms with E-state index >= 15 is 0 Å². The molecule has 0 aromatic heterocycles. The number of nitrogens with one attached hydrogen (secondary N) is 1. The molecular formula is C18H14Cl2FN. The van der Waals surface area contributed by atoms with Crippen LogP contribution >= 0.6 is 23.2 Å². The average Bonchev–Trinajstić information content (AvgIpc) is 2.97. The standard InChI is InChI=1S/C18H14Cl2FN/c19-11-8-15-13-2-1-3-14(13)17(22-18(15)16(20)9-11)10-4-6-12(21)7-5-10/h1-2,4-9,13-14,17,22H,3H2/t13-,14-,17-/m0/s1. The van der Waals surface area contributed by atoms with Crippen molar-refractivity contribution in [1.29, 1.82) is 0 Å². The number of anilines is 1. The van der Waals surface area contributed by atoms with Crippen LogP contribution in [-0.4, -0.2) is 0 Å². The van der Waals surface area contributed by atoms with Gasteiger partial charge in [-0.05, 0) is 47.7 Å². The first-order valence-corrected chi connectivity index (χ1v) is 8.06. The summed E-state index contributed by atoms with van der Waals surface area (Å²) in [7, 11) is 0. The van der Waals surface area contributed by atoms with Gasteiger partial charge in [0.15, 0.2) is 0 Å². The molecule has 1 aliphatic carbocycles. The van der Waals surface area contributed by atoms with Crippen LogP contribution in [0.15, 0.2) is 48.6 Å². The number of rotatable bonds is 1. The van der Waals surface area contributed by atoms with Crippen molar-refractivity contribution in [3.05, 3.63) is 75.5 Å². The van der Waals surface area contributed by atoms with Crippen molar-refractivity contribution < 1.29 is 4.39 Å². The number of benzene rings is 2. The van der Waals surface area contributed by atoms with Crippen molar-refractivity contribution in [2.24, 2.45) is 5.92 Å². The summed E-state index contributed by atoms with van der Waals surface area (Å²) in [5, 5.41) is 4.84. The Kier molecular flexibility index (Phi) is 3.39. The summed E-state index contributed by atoms with van der Waals surface area (Å²) in [4.78, 5) is 0. The van der Waals surface area contributed by atoms with Crippen LogP contribution in [0.25, 0.3) is 0 Å².